The molecule has 12 nitrogen and oxygen atoms in total. The maximum absolute atomic E-state index is 14.1. The SMILES string of the molecule is O=C(NC(=NCCC[C@H](NC(=O)C(c1ccccc1)c1ccccc1)C(=O)N[C@@H](CO)c1ccccc1)NC(=O)OCc1ccccc1)OCc1ccccc1. The van der Waals surface area contributed by atoms with Gasteiger partial charge in [-0.3, -0.25) is 25.2 Å². The maximum Gasteiger partial charge on any atom is 0.414 e. The molecule has 12 heteroatoms. The summed E-state index contributed by atoms with van der Waals surface area (Å²) in [5.74, 6) is -1.82. The Morgan fingerprint density at radius 2 is 0.982 bits per heavy atom. The largest absolute Gasteiger partial charge is 0.444 e. The quantitative estimate of drug-likeness (QED) is 0.0458. The maximum atomic E-state index is 14.1. The first-order valence-electron chi connectivity index (χ1n) is 18.3. The van der Waals surface area contributed by atoms with Gasteiger partial charge in [-0.05, 0) is 40.7 Å². The molecular weight excluding hydrogens is 711 g/mol. The van der Waals surface area contributed by atoms with Gasteiger partial charge in [-0.25, -0.2) is 9.59 Å². The minimum atomic E-state index is -1.04. The number of rotatable bonds is 16. The average Bonchev–Trinajstić information content (AvgIpc) is 3.24. The van der Waals surface area contributed by atoms with Crippen LogP contribution in [-0.2, 0) is 32.3 Å². The van der Waals surface area contributed by atoms with Gasteiger partial charge in [0.05, 0.1) is 18.6 Å². The number of hydrogen-bond acceptors (Lipinski definition) is 8. The highest BCUT2D eigenvalue weighted by molar-refractivity contribution is 6.01. The van der Waals surface area contributed by atoms with E-state index in [-0.39, 0.29) is 45.2 Å². The molecule has 56 heavy (non-hydrogen) atoms. The van der Waals surface area contributed by atoms with Crippen molar-refractivity contribution in [3.8, 4) is 0 Å². The summed E-state index contributed by atoms with van der Waals surface area (Å²) in [6, 6.07) is 44.0. The fourth-order valence-corrected chi connectivity index (χ4v) is 5.81. The molecule has 5 aromatic carbocycles. The molecule has 0 saturated heterocycles. The van der Waals surface area contributed by atoms with E-state index in [0.29, 0.717) is 5.56 Å². The molecule has 0 aliphatic heterocycles. The minimum absolute atomic E-state index is 0.0142. The van der Waals surface area contributed by atoms with Crippen molar-refractivity contribution in [2.75, 3.05) is 13.2 Å². The number of nitrogens with zero attached hydrogens (tertiary/aromatic N) is 1. The molecule has 0 saturated carbocycles. The summed E-state index contributed by atoms with van der Waals surface area (Å²) < 4.78 is 10.6. The van der Waals surface area contributed by atoms with Crippen molar-refractivity contribution in [3.05, 3.63) is 179 Å². The van der Waals surface area contributed by atoms with Crippen LogP contribution in [0.3, 0.4) is 0 Å². The third kappa shape index (κ3) is 13.0. The third-order valence-electron chi connectivity index (χ3n) is 8.65. The predicted molar refractivity (Wildman–Crippen MR) is 212 cm³/mol. The minimum Gasteiger partial charge on any atom is -0.444 e. The van der Waals surface area contributed by atoms with Gasteiger partial charge in [0, 0.05) is 6.54 Å². The van der Waals surface area contributed by atoms with Gasteiger partial charge < -0.3 is 25.2 Å². The number of aliphatic imine (C=N–C) groups is 1. The van der Waals surface area contributed by atoms with Crippen LogP contribution < -0.4 is 21.3 Å². The van der Waals surface area contributed by atoms with Crippen LogP contribution in [0.4, 0.5) is 9.59 Å². The molecule has 0 bridgehead atoms. The summed E-state index contributed by atoms with van der Waals surface area (Å²) in [5.41, 5.74) is 3.72. The van der Waals surface area contributed by atoms with Gasteiger partial charge in [0.2, 0.25) is 17.8 Å². The average molecular weight is 756 g/mol. The second-order valence-corrected chi connectivity index (χ2v) is 12.7. The van der Waals surface area contributed by atoms with Gasteiger partial charge in [-0.2, -0.15) is 0 Å². The molecule has 0 heterocycles. The topological polar surface area (TPSA) is 167 Å². The van der Waals surface area contributed by atoms with Gasteiger partial charge in [0.25, 0.3) is 0 Å². The predicted octanol–water partition coefficient (Wildman–Crippen LogP) is 6.14. The number of aliphatic hydroxyl groups excluding tert-OH is 1. The van der Waals surface area contributed by atoms with Crippen LogP contribution in [-0.4, -0.2) is 54.3 Å². The number of carbonyl (C=O) groups is 4. The van der Waals surface area contributed by atoms with E-state index < -0.39 is 42.0 Å². The van der Waals surface area contributed by atoms with E-state index in [1.807, 2.05) is 103 Å². The standard InChI is InChI=1S/C44H45N5O7/c50-29-38(34-21-10-3-11-22-34)47-40(51)37(46-41(52)39(35-23-12-4-13-24-35)36-25-14-5-15-26-36)27-16-28-45-42(48-43(53)55-30-32-17-6-1-7-18-32)49-44(54)56-31-33-19-8-2-9-20-33/h1-15,17-26,37-39,50H,16,27-31H2,(H,46,52)(H,47,51)(H2,45,48,49,53,54)/t37-,38-/m0/s1. The Bertz CT molecular complexity index is 1900. The van der Waals surface area contributed by atoms with Crippen molar-refractivity contribution >= 4 is 30.0 Å². The Morgan fingerprint density at radius 3 is 1.43 bits per heavy atom. The van der Waals surface area contributed by atoms with E-state index in [4.69, 9.17) is 9.47 Å². The van der Waals surface area contributed by atoms with Crippen LogP contribution in [0.25, 0.3) is 0 Å². The lowest BCUT2D eigenvalue weighted by Crippen LogP contribution is -2.49. The fraction of sp³-hybridized carbons (Fsp3) is 0.205. The van der Waals surface area contributed by atoms with Gasteiger partial charge in [0.1, 0.15) is 19.3 Å². The van der Waals surface area contributed by atoms with Crippen molar-refractivity contribution < 1.29 is 33.8 Å². The van der Waals surface area contributed by atoms with Crippen molar-refractivity contribution in [2.24, 2.45) is 4.99 Å². The number of alkyl carbamates (subject to hydrolysis) is 2. The highest BCUT2D eigenvalue weighted by Gasteiger charge is 2.29. The Labute approximate surface area is 326 Å². The zero-order valence-corrected chi connectivity index (χ0v) is 30.8. The van der Waals surface area contributed by atoms with Gasteiger partial charge in [-0.1, -0.05) is 152 Å². The Hall–Kier alpha value is -6.79. The van der Waals surface area contributed by atoms with Gasteiger partial charge in [-0.15, -0.1) is 0 Å². The Balaban J connectivity index is 1.31. The highest BCUT2D eigenvalue weighted by atomic mass is 16.6. The van der Waals surface area contributed by atoms with Gasteiger partial charge >= 0.3 is 12.2 Å². The molecule has 5 N–H and O–H groups in total. The zero-order valence-electron chi connectivity index (χ0n) is 30.8. The molecule has 0 unspecified atom stereocenters. The van der Waals surface area contributed by atoms with Crippen molar-refractivity contribution in [1.29, 1.82) is 0 Å². The molecule has 0 fully saturated rings. The summed E-state index contributed by atoms with van der Waals surface area (Å²) in [4.78, 5) is 57.9. The summed E-state index contributed by atoms with van der Waals surface area (Å²) in [6.07, 6.45) is -1.36. The van der Waals surface area contributed by atoms with Gasteiger partial charge in [0.15, 0.2) is 0 Å². The lowest BCUT2D eigenvalue weighted by molar-refractivity contribution is -0.130. The monoisotopic (exact) mass is 755 g/mol. The van der Waals surface area contributed by atoms with E-state index in [1.54, 1.807) is 48.5 Å². The van der Waals surface area contributed by atoms with E-state index in [0.717, 1.165) is 22.3 Å². The summed E-state index contributed by atoms with van der Waals surface area (Å²) in [7, 11) is 0. The van der Waals surface area contributed by atoms with Crippen molar-refractivity contribution in [1.82, 2.24) is 21.3 Å². The summed E-state index contributed by atoms with van der Waals surface area (Å²) in [6.45, 7) is -0.367. The molecule has 2 atom stereocenters. The Morgan fingerprint density at radius 1 is 0.554 bits per heavy atom. The van der Waals surface area contributed by atoms with Crippen molar-refractivity contribution in [2.45, 2.75) is 44.1 Å². The zero-order chi connectivity index (χ0) is 39.4. The molecule has 0 spiro atoms. The summed E-state index contributed by atoms with van der Waals surface area (Å²) in [5, 5.41) is 20.9. The van der Waals surface area contributed by atoms with E-state index in [2.05, 4.69) is 26.3 Å². The molecule has 0 radical (unpaired) electrons. The van der Waals surface area contributed by atoms with Crippen LogP contribution in [0.5, 0.6) is 0 Å². The van der Waals surface area contributed by atoms with Crippen LogP contribution in [0.1, 0.15) is 52.6 Å². The van der Waals surface area contributed by atoms with Crippen LogP contribution >= 0.6 is 0 Å². The number of hydrogen-bond donors (Lipinski definition) is 5. The summed E-state index contributed by atoms with van der Waals surface area (Å²) >= 11 is 0. The molecule has 5 rings (SSSR count). The molecule has 5 aromatic rings. The molecular formula is C44H45N5O7. The third-order valence-corrected chi connectivity index (χ3v) is 8.65. The normalized spacial score (nSPS) is 11.7. The molecule has 0 aliphatic rings. The van der Waals surface area contributed by atoms with Crippen molar-refractivity contribution in [3.63, 3.8) is 0 Å². The lowest BCUT2D eigenvalue weighted by Gasteiger charge is -2.25. The number of aliphatic hydroxyl groups is 1. The number of ether oxygens (including phenoxy) is 2. The number of carbonyl (C=O) groups excluding carboxylic acids is 4. The second-order valence-electron chi connectivity index (χ2n) is 12.7. The van der Waals surface area contributed by atoms with Crippen LogP contribution in [0.15, 0.2) is 157 Å². The van der Waals surface area contributed by atoms with E-state index >= 15 is 0 Å². The second kappa shape index (κ2) is 21.8. The highest BCUT2D eigenvalue weighted by Crippen LogP contribution is 2.25. The first-order chi connectivity index (χ1) is 27.4. The lowest BCUT2D eigenvalue weighted by atomic mass is 9.90. The first-order valence-corrected chi connectivity index (χ1v) is 18.3. The van der Waals surface area contributed by atoms with Crippen LogP contribution in [0, 0.1) is 0 Å². The van der Waals surface area contributed by atoms with E-state index in [1.165, 1.54) is 0 Å². The number of amides is 4. The smallest absolute Gasteiger partial charge is 0.414 e. The van der Waals surface area contributed by atoms with Crippen LogP contribution in [0.2, 0.25) is 0 Å². The molecule has 288 valence electrons. The Kier molecular flexibility index (Phi) is 15.7. The number of guanidine groups is 1. The number of nitrogens with one attached hydrogen (secondary N) is 4. The molecule has 4 amide bonds. The molecule has 0 aliphatic carbocycles. The number of benzene rings is 5. The van der Waals surface area contributed by atoms with E-state index in [9.17, 15) is 24.3 Å². The first kappa shape index (κ1) is 40.4. The molecule has 0 aromatic heterocycles. The fourth-order valence-electron chi connectivity index (χ4n) is 5.81.